The first-order valence-corrected chi connectivity index (χ1v) is 9.84. The van der Waals surface area contributed by atoms with Crippen LogP contribution < -0.4 is 4.74 Å². The SMILES string of the molecule is O=C[C@H]1CSC(c2ccc3cc(Oc4cc(C(F)(F)F)ccc4[N+](=O)[O-])ccc3n2)=N1. The molecule has 11 heteroatoms. The molecule has 1 aromatic heterocycles. The number of rotatable bonds is 5. The number of aromatic nitrogens is 1. The van der Waals surface area contributed by atoms with E-state index >= 15 is 0 Å². The van der Waals surface area contributed by atoms with E-state index in [1.165, 1.54) is 23.9 Å². The van der Waals surface area contributed by atoms with Gasteiger partial charge in [0.1, 0.15) is 23.1 Å². The van der Waals surface area contributed by atoms with E-state index in [1.807, 2.05) is 0 Å². The molecule has 2 heterocycles. The number of pyridine rings is 1. The maximum atomic E-state index is 13.0. The van der Waals surface area contributed by atoms with Crippen LogP contribution in [0.1, 0.15) is 11.3 Å². The van der Waals surface area contributed by atoms with E-state index in [2.05, 4.69) is 9.98 Å². The van der Waals surface area contributed by atoms with Crippen LogP contribution in [0.4, 0.5) is 18.9 Å². The van der Waals surface area contributed by atoms with Crippen molar-refractivity contribution in [3.05, 3.63) is 69.9 Å². The average molecular weight is 447 g/mol. The number of carbonyl (C=O) groups is 1. The molecule has 0 bridgehead atoms. The summed E-state index contributed by atoms with van der Waals surface area (Å²) < 4.78 is 44.4. The summed E-state index contributed by atoms with van der Waals surface area (Å²) in [5.74, 6) is 0.166. The molecule has 0 amide bonds. The first-order chi connectivity index (χ1) is 14.7. The Morgan fingerprint density at radius 3 is 2.65 bits per heavy atom. The van der Waals surface area contributed by atoms with Crippen molar-refractivity contribution in [1.29, 1.82) is 0 Å². The number of aliphatic imine (C=N–C) groups is 1. The van der Waals surface area contributed by atoms with Gasteiger partial charge in [0.05, 0.1) is 21.7 Å². The highest BCUT2D eigenvalue weighted by molar-refractivity contribution is 8.14. The Bertz CT molecular complexity index is 1230. The van der Waals surface area contributed by atoms with Crippen molar-refractivity contribution in [2.24, 2.45) is 4.99 Å². The van der Waals surface area contributed by atoms with Gasteiger partial charge >= 0.3 is 11.9 Å². The number of aldehydes is 1. The van der Waals surface area contributed by atoms with Crippen LogP contribution in [0.2, 0.25) is 0 Å². The number of benzene rings is 2. The third kappa shape index (κ3) is 4.36. The maximum absolute atomic E-state index is 13.0. The Balaban J connectivity index is 1.66. The van der Waals surface area contributed by atoms with Crippen molar-refractivity contribution < 1.29 is 27.6 Å². The number of nitro benzene ring substituents is 1. The van der Waals surface area contributed by atoms with Gasteiger partial charge in [-0.15, -0.1) is 11.8 Å². The Morgan fingerprint density at radius 2 is 1.97 bits per heavy atom. The van der Waals surface area contributed by atoms with Crippen molar-refractivity contribution in [2.45, 2.75) is 12.2 Å². The molecule has 3 aromatic rings. The molecule has 2 aromatic carbocycles. The molecule has 0 fully saturated rings. The number of fused-ring (bicyclic) bond motifs is 1. The van der Waals surface area contributed by atoms with Gasteiger partial charge in [-0.2, -0.15) is 13.2 Å². The van der Waals surface area contributed by atoms with Crippen molar-refractivity contribution in [1.82, 2.24) is 4.98 Å². The quantitative estimate of drug-likeness (QED) is 0.310. The van der Waals surface area contributed by atoms with Crippen molar-refractivity contribution in [2.75, 3.05) is 5.75 Å². The number of alkyl halides is 3. The third-order valence-electron chi connectivity index (χ3n) is 4.42. The molecular weight excluding hydrogens is 435 g/mol. The lowest BCUT2D eigenvalue weighted by atomic mass is 10.1. The van der Waals surface area contributed by atoms with E-state index in [4.69, 9.17) is 4.74 Å². The van der Waals surface area contributed by atoms with Gasteiger partial charge in [-0.1, -0.05) is 6.07 Å². The average Bonchev–Trinajstić information content (AvgIpc) is 3.22. The topological polar surface area (TPSA) is 94.7 Å². The van der Waals surface area contributed by atoms with E-state index in [9.17, 15) is 28.1 Å². The summed E-state index contributed by atoms with van der Waals surface area (Å²) in [6.07, 6.45) is -3.89. The molecule has 0 saturated heterocycles. The summed E-state index contributed by atoms with van der Waals surface area (Å²) in [7, 11) is 0. The van der Waals surface area contributed by atoms with Crippen molar-refractivity contribution >= 4 is 39.7 Å². The van der Waals surface area contributed by atoms with Crippen LogP contribution in [0.25, 0.3) is 10.9 Å². The van der Waals surface area contributed by atoms with E-state index in [1.54, 1.807) is 18.2 Å². The molecule has 0 radical (unpaired) electrons. The largest absolute Gasteiger partial charge is 0.450 e. The van der Waals surface area contributed by atoms with Crippen LogP contribution >= 0.6 is 11.8 Å². The van der Waals surface area contributed by atoms with E-state index in [0.717, 1.165) is 12.4 Å². The van der Waals surface area contributed by atoms with Gasteiger partial charge in [0.2, 0.25) is 5.75 Å². The number of halogens is 3. The molecule has 0 saturated carbocycles. The number of nitrogens with zero attached hydrogens (tertiary/aromatic N) is 3. The predicted molar refractivity (Wildman–Crippen MR) is 109 cm³/mol. The minimum absolute atomic E-state index is 0.123. The zero-order valence-electron chi connectivity index (χ0n) is 15.5. The molecule has 7 nitrogen and oxygen atoms in total. The molecule has 4 rings (SSSR count). The normalized spacial score (nSPS) is 16.2. The van der Waals surface area contributed by atoms with Gasteiger partial charge in [-0.3, -0.25) is 15.1 Å². The Hall–Kier alpha value is -3.47. The highest BCUT2D eigenvalue weighted by atomic mass is 32.2. The first kappa shape index (κ1) is 20.8. The number of ether oxygens (including phenoxy) is 1. The van der Waals surface area contributed by atoms with E-state index in [-0.39, 0.29) is 5.75 Å². The summed E-state index contributed by atoms with van der Waals surface area (Å²) in [4.78, 5) is 30.0. The lowest BCUT2D eigenvalue weighted by Crippen LogP contribution is -2.05. The standard InChI is InChI=1S/C20H12F3N3O4S/c21-20(22,23)12-2-6-17(26(28)29)18(8-12)30-14-3-5-15-11(7-14)1-4-16(25-15)19-24-13(9-27)10-31-19/h1-9,13H,10H2/t13-/m0/s1. The third-order valence-corrected chi connectivity index (χ3v) is 5.52. The summed E-state index contributed by atoms with van der Waals surface area (Å²) in [5, 5.41) is 12.5. The first-order valence-electron chi connectivity index (χ1n) is 8.85. The molecule has 1 aliphatic rings. The van der Waals surface area contributed by atoms with E-state index in [0.29, 0.717) is 39.5 Å². The van der Waals surface area contributed by atoms with E-state index < -0.39 is 34.1 Å². The highest BCUT2D eigenvalue weighted by Gasteiger charge is 2.33. The molecule has 158 valence electrons. The van der Waals surface area contributed by atoms with Gasteiger partial charge in [-0.05, 0) is 30.3 Å². The number of hydrogen-bond donors (Lipinski definition) is 0. The minimum Gasteiger partial charge on any atom is -0.450 e. The maximum Gasteiger partial charge on any atom is 0.416 e. The fourth-order valence-corrected chi connectivity index (χ4v) is 3.89. The van der Waals surface area contributed by atoms with Crippen LogP contribution in [-0.2, 0) is 11.0 Å². The molecule has 0 N–H and O–H groups in total. The number of hydrogen-bond acceptors (Lipinski definition) is 7. The summed E-state index contributed by atoms with van der Waals surface area (Å²) >= 11 is 1.43. The molecule has 1 aliphatic heterocycles. The van der Waals surface area contributed by atoms with Crippen LogP contribution in [0, 0.1) is 10.1 Å². The monoisotopic (exact) mass is 447 g/mol. The summed E-state index contributed by atoms with van der Waals surface area (Å²) in [6.45, 7) is 0. The number of nitro groups is 1. The Morgan fingerprint density at radius 1 is 1.16 bits per heavy atom. The lowest BCUT2D eigenvalue weighted by Gasteiger charge is -2.11. The van der Waals surface area contributed by atoms with Gasteiger partial charge in [-0.25, -0.2) is 4.98 Å². The van der Waals surface area contributed by atoms with Crippen LogP contribution in [-0.4, -0.2) is 33.0 Å². The number of thioether (sulfide) groups is 1. The predicted octanol–water partition coefficient (Wildman–Crippen LogP) is 5.02. The fraction of sp³-hybridized carbons (Fsp3) is 0.150. The Kier molecular flexibility index (Phi) is 5.36. The highest BCUT2D eigenvalue weighted by Crippen LogP contribution is 2.38. The summed E-state index contributed by atoms with van der Waals surface area (Å²) in [5.41, 5.74) is -0.462. The zero-order chi connectivity index (χ0) is 22.2. The minimum atomic E-state index is -4.67. The molecule has 0 unspecified atom stereocenters. The second-order valence-electron chi connectivity index (χ2n) is 6.54. The molecule has 1 atom stereocenters. The summed E-state index contributed by atoms with van der Waals surface area (Å²) in [6, 6.07) is 9.61. The zero-order valence-corrected chi connectivity index (χ0v) is 16.3. The van der Waals surface area contributed by atoms with Crippen LogP contribution in [0.3, 0.4) is 0 Å². The smallest absolute Gasteiger partial charge is 0.416 e. The van der Waals surface area contributed by atoms with Crippen molar-refractivity contribution in [3.8, 4) is 11.5 Å². The van der Waals surface area contributed by atoms with Crippen LogP contribution in [0.15, 0.2) is 53.5 Å². The Labute approximate surface area is 177 Å². The van der Waals surface area contributed by atoms with Gasteiger partial charge in [0, 0.05) is 23.3 Å². The fourth-order valence-electron chi connectivity index (χ4n) is 2.94. The number of carbonyl (C=O) groups excluding carboxylic acids is 1. The van der Waals surface area contributed by atoms with Gasteiger partial charge in [0.15, 0.2) is 0 Å². The molecule has 31 heavy (non-hydrogen) atoms. The molecule has 0 aliphatic carbocycles. The second kappa shape index (κ2) is 7.99. The molecular formula is C20H12F3N3O4S. The lowest BCUT2D eigenvalue weighted by molar-refractivity contribution is -0.385. The second-order valence-corrected chi connectivity index (χ2v) is 7.55. The van der Waals surface area contributed by atoms with Crippen LogP contribution in [0.5, 0.6) is 11.5 Å². The van der Waals surface area contributed by atoms with Gasteiger partial charge < -0.3 is 9.53 Å². The van der Waals surface area contributed by atoms with Crippen molar-refractivity contribution in [3.63, 3.8) is 0 Å². The molecule has 0 spiro atoms. The van der Waals surface area contributed by atoms with Gasteiger partial charge in [0.25, 0.3) is 0 Å².